The fourth-order valence-corrected chi connectivity index (χ4v) is 2.66. The van der Waals surface area contributed by atoms with Crippen molar-refractivity contribution in [3.8, 4) is 0 Å². The second-order valence-electron chi connectivity index (χ2n) is 5.31. The summed E-state index contributed by atoms with van der Waals surface area (Å²) in [5.41, 5.74) is 4.39. The Morgan fingerprint density at radius 3 is 2.67 bits per heavy atom. The van der Waals surface area contributed by atoms with Crippen LogP contribution >= 0.6 is 11.6 Å². The molecule has 2 aromatic rings. The molecule has 0 spiro atoms. The molecule has 1 aliphatic carbocycles. The summed E-state index contributed by atoms with van der Waals surface area (Å²) in [7, 11) is 0. The van der Waals surface area contributed by atoms with E-state index in [0.29, 0.717) is 6.04 Å². The maximum atomic E-state index is 6.32. The summed E-state index contributed by atoms with van der Waals surface area (Å²) in [5, 5.41) is 5.53. The average molecular weight is 264 g/mol. The van der Waals surface area contributed by atoms with Crippen LogP contribution in [-0.4, -0.2) is 6.04 Å². The number of hydrogen-bond acceptors (Lipinski definition) is 2. The number of furan rings is 1. The molecule has 1 aromatic heterocycles. The van der Waals surface area contributed by atoms with Gasteiger partial charge < -0.3 is 9.73 Å². The van der Waals surface area contributed by atoms with Crippen LogP contribution in [0.2, 0.25) is 5.02 Å². The molecule has 0 radical (unpaired) electrons. The molecule has 0 bridgehead atoms. The van der Waals surface area contributed by atoms with Crippen LogP contribution in [0.25, 0.3) is 11.0 Å². The summed E-state index contributed by atoms with van der Waals surface area (Å²) >= 11 is 6.32. The minimum Gasteiger partial charge on any atom is -0.459 e. The Labute approximate surface area is 112 Å². The van der Waals surface area contributed by atoms with E-state index in [0.717, 1.165) is 34.0 Å². The molecule has 18 heavy (non-hydrogen) atoms. The van der Waals surface area contributed by atoms with E-state index < -0.39 is 0 Å². The van der Waals surface area contributed by atoms with Crippen molar-refractivity contribution < 1.29 is 4.42 Å². The van der Waals surface area contributed by atoms with E-state index >= 15 is 0 Å². The van der Waals surface area contributed by atoms with Crippen LogP contribution in [-0.2, 0) is 6.54 Å². The van der Waals surface area contributed by atoms with Gasteiger partial charge in [0.2, 0.25) is 0 Å². The summed E-state index contributed by atoms with van der Waals surface area (Å²) in [5.74, 6) is 1.04. The molecular formula is C15H18ClNO. The Bertz CT molecular complexity index is 611. The van der Waals surface area contributed by atoms with E-state index in [-0.39, 0.29) is 0 Å². The first kappa shape index (κ1) is 12.1. The second kappa shape index (κ2) is 4.29. The van der Waals surface area contributed by atoms with Crippen LogP contribution in [0, 0.1) is 20.8 Å². The summed E-state index contributed by atoms with van der Waals surface area (Å²) < 4.78 is 5.97. The van der Waals surface area contributed by atoms with E-state index in [4.69, 9.17) is 16.0 Å². The molecule has 3 heteroatoms. The predicted octanol–water partition coefficient (Wildman–Crippen LogP) is 4.26. The molecule has 0 aliphatic heterocycles. The number of halogens is 1. The lowest BCUT2D eigenvalue weighted by Gasteiger charge is -2.03. The quantitative estimate of drug-likeness (QED) is 0.895. The van der Waals surface area contributed by atoms with E-state index in [1.807, 2.05) is 13.0 Å². The van der Waals surface area contributed by atoms with Crippen LogP contribution in [0.4, 0.5) is 0 Å². The van der Waals surface area contributed by atoms with Gasteiger partial charge in [-0.1, -0.05) is 11.6 Å². The number of nitrogens with one attached hydrogen (secondary N) is 1. The first-order valence-corrected chi connectivity index (χ1v) is 6.86. The first-order chi connectivity index (χ1) is 8.58. The topological polar surface area (TPSA) is 25.2 Å². The highest BCUT2D eigenvalue weighted by atomic mass is 35.5. The SMILES string of the molecule is Cc1cc2oc(CNC3CC3)c(C)c2c(C)c1Cl. The van der Waals surface area contributed by atoms with Gasteiger partial charge in [0.05, 0.1) is 6.54 Å². The highest BCUT2D eigenvalue weighted by Gasteiger charge is 2.22. The van der Waals surface area contributed by atoms with E-state index in [1.54, 1.807) is 0 Å². The van der Waals surface area contributed by atoms with Crippen molar-refractivity contribution in [2.45, 2.75) is 46.2 Å². The Balaban J connectivity index is 2.06. The normalized spacial score (nSPS) is 15.6. The molecule has 0 unspecified atom stereocenters. The van der Waals surface area contributed by atoms with Gasteiger partial charge in [0.1, 0.15) is 11.3 Å². The standard InChI is InChI=1S/C15H18ClNO/c1-8-6-12-14(10(3)15(8)16)9(2)13(18-12)7-17-11-4-5-11/h6,11,17H,4-5,7H2,1-3H3. The Kier molecular flexibility index (Phi) is 2.87. The molecule has 2 nitrogen and oxygen atoms in total. The number of hydrogen-bond donors (Lipinski definition) is 1. The van der Waals surface area contributed by atoms with Gasteiger partial charge in [-0.15, -0.1) is 0 Å². The Morgan fingerprint density at radius 1 is 1.28 bits per heavy atom. The van der Waals surface area contributed by atoms with Crippen molar-refractivity contribution >= 4 is 22.6 Å². The molecule has 1 N–H and O–H groups in total. The third-order valence-electron chi connectivity index (χ3n) is 3.80. The van der Waals surface area contributed by atoms with Crippen molar-refractivity contribution in [3.63, 3.8) is 0 Å². The lowest BCUT2D eigenvalue weighted by molar-refractivity contribution is 0.509. The van der Waals surface area contributed by atoms with Gasteiger partial charge in [-0.2, -0.15) is 0 Å². The van der Waals surface area contributed by atoms with Crippen molar-refractivity contribution in [1.82, 2.24) is 5.32 Å². The monoisotopic (exact) mass is 263 g/mol. The lowest BCUT2D eigenvalue weighted by atomic mass is 10.0. The zero-order valence-electron chi connectivity index (χ0n) is 11.1. The predicted molar refractivity (Wildman–Crippen MR) is 75.3 cm³/mol. The Morgan fingerprint density at radius 2 is 2.00 bits per heavy atom. The van der Waals surface area contributed by atoms with Gasteiger partial charge in [-0.05, 0) is 56.4 Å². The van der Waals surface area contributed by atoms with Crippen LogP contribution < -0.4 is 5.32 Å². The van der Waals surface area contributed by atoms with Gasteiger partial charge in [0, 0.05) is 16.5 Å². The number of benzene rings is 1. The summed E-state index contributed by atoms with van der Waals surface area (Å²) in [4.78, 5) is 0. The van der Waals surface area contributed by atoms with Gasteiger partial charge in [0.25, 0.3) is 0 Å². The van der Waals surface area contributed by atoms with Crippen molar-refractivity contribution in [3.05, 3.63) is 33.5 Å². The van der Waals surface area contributed by atoms with Crippen LogP contribution in [0.1, 0.15) is 35.3 Å². The molecule has 0 amide bonds. The van der Waals surface area contributed by atoms with Crippen LogP contribution in [0.5, 0.6) is 0 Å². The number of fused-ring (bicyclic) bond motifs is 1. The van der Waals surface area contributed by atoms with Gasteiger partial charge >= 0.3 is 0 Å². The molecule has 1 aromatic carbocycles. The molecule has 96 valence electrons. The minimum absolute atomic E-state index is 0.698. The lowest BCUT2D eigenvalue weighted by Crippen LogP contribution is -2.15. The molecule has 1 aliphatic rings. The van der Waals surface area contributed by atoms with Crippen molar-refractivity contribution in [2.75, 3.05) is 0 Å². The van der Waals surface area contributed by atoms with Crippen molar-refractivity contribution in [2.24, 2.45) is 0 Å². The third-order valence-corrected chi connectivity index (χ3v) is 4.38. The molecule has 1 fully saturated rings. The van der Waals surface area contributed by atoms with Crippen LogP contribution in [0.15, 0.2) is 10.5 Å². The first-order valence-electron chi connectivity index (χ1n) is 6.49. The average Bonchev–Trinajstić information content (AvgIpc) is 3.10. The van der Waals surface area contributed by atoms with E-state index in [1.165, 1.54) is 23.8 Å². The molecule has 1 heterocycles. The zero-order valence-corrected chi connectivity index (χ0v) is 11.8. The highest BCUT2D eigenvalue weighted by molar-refractivity contribution is 6.33. The minimum atomic E-state index is 0.698. The van der Waals surface area contributed by atoms with Crippen molar-refractivity contribution in [1.29, 1.82) is 0 Å². The fraction of sp³-hybridized carbons (Fsp3) is 0.467. The highest BCUT2D eigenvalue weighted by Crippen LogP contribution is 2.34. The molecular weight excluding hydrogens is 246 g/mol. The van der Waals surface area contributed by atoms with Gasteiger partial charge in [0.15, 0.2) is 0 Å². The van der Waals surface area contributed by atoms with E-state index in [2.05, 4.69) is 19.2 Å². The molecule has 1 saturated carbocycles. The summed E-state index contributed by atoms with van der Waals surface area (Å²) in [6.45, 7) is 7.03. The smallest absolute Gasteiger partial charge is 0.135 e. The molecule has 0 saturated heterocycles. The second-order valence-corrected chi connectivity index (χ2v) is 5.69. The van der Waals surface area contributed by atoms with Gasteiger partial charge in [-0.25, -0.2) is 0 Å². The largest absolute Gasteiger partial charge is 0.459 e. The van der Waals surface area contributed by atoms with Crippen LogP contribution in [0.3, 0.4) is 0 Å². The number of rotatable bonds is 3. The Hall–Kier alpha value is -0.990. The maximum absolute atomic E-state index is 6.32. The fourth-order valence-electron chi connectivity index (χ4n) is 2.51. The third kappa shape index (κ3) is 1.94. The summed E-state index contributed by atoms with van der Waals surface area (Å²) in [6.07, 6.45) is 2.59. The molecule has 3 rings (SSSR count). The maximum Gasteiger partial charge on any atom is 0.135 e. The molecule has 0 atom stereocenters. The zero-order chi connectivity index (χ0) is 12.9. The van der Waals surface area contributed by atoms with E-state index in [9.17, 15) is 0 Å². The number of aryl methyl sites for hydroxylation is 3. The van der Waals surface area contributed by atoms with Gasteiger partial charge in [-0.3, -0.25) is 0 Å². The summed E-state index contributed by atoms with van der Waals surface area (Å²) in [6, 6.07) is 2.74.